The molecule has 10 nitrogen and oxygen atoms in total. The third-order valence-electron chi connectivity index (χ3n) is 8.40. The minimum Gasteiger partial charge on any atom is -0.337 e. The van der Waals surface area contributed by atoms with E-state index in [1.807, 2.05) is 18.5 Å². The Labute approximate surface area is 259 Å². The van der Waals surface area contributed by atoms with Gasteiger partial charge in [0, 0.05) is 54.3 Å². The topological polar surface area (TPSA) is 142 Å². The van der Waals surface area contributed by atoms with Crippen molar-refractivity contribution in [3.8, 4) is 33.9 Å². The number of aromatic nitrogens is 7. The molecule has 0 bridgehead atoms. The van der Waals surface area contributed by atoms with Crippen LogP contribution in [0.25, 0.3) is 56.0 Å². The van der Waals surface area contributed by atoms with Crippen LogP contribution in [0, 0.1) is 11.7 Å². The number of fused-ring (bicyclic) bond motifs is 2. The maximum atomic E-state index is 14.6. The number of nitrogens with one attached hydrogen (secondary N) is 3. The summed E-state index contributed by atoms with van der Waals surface area (Å²) in [6, 6.07) is 10.5. The maximum Gasteiger partial charge on any atom is 0.181 e. The Morgan fingerprint density at radius 3 is 2.64 bits per heavy atom. The first-order valence-corrected chi connectivity index (χ1v) is 17.2. The van der Waals surface area contributed by atoms with E-state index in [-0.39, 0.29) is 12.2 Å². The number of nitrogens with zero attached hydrogens (tertiary/aromatic N) is 5. The van der Waals surface area contributed by atoms with Gasteiger partial charge in [-0.25, -0.2) is 22.8 Å². The van der Waals surface area contributed by atoms with Crippen LogP contribution in [0.1, 0.15) is 36.8 Å². The molecular weight excluding hydrogens is 591 g/mol. The molecule has 5 aromatic heterocycles. The Bertz CT molecular complexity index is 2120. The Kier molecular flexibility index (Phi) is 7.84. The lowest BCUT2D eigenvalue weighted by atomic mass is 10.0. The molecule has 1 aliphatic rings. The highest BCUT2D eigenvalue weighted by atomic mass is 32.2. The molecule has 230 valence electrons. The predicted octanol–water partition coefficient (Wildman–Crippen LogP) is 5.63. The molecule has 7 rings (SSSR count). The number of aryl methyl sites for hydroxylation is 1. The summed E-state index contributed by atoms with van der Waals surface area (Å²) >= 11 is 0. The fraction of sp³-hybridized carbons (Fsp3) is 0.303. The zero-order valence-corrected chi connectivity index (χ0v) is 25.7. The lowest BCUT2D eigenvalue weighted by Crippen LogP contribution is -2.20. The minimum atomic E-state index is -3.19. The highest BCUT2D eigenvalue weighted by Gasteiger charge is 2.18. The van der Waals surface area contributed by atoms with Crippen LogP contribution in [0.5, 0.6) is 0 Å². The normalized spacial score (nSPS) is 14.2. The second-order valence-electron chi connectivity index (χ2n) is 11.9. The molecule has 0 amide bonds. The number of halogens is 1. The van der Waals surface area contributed by atoms with E-state index in [4.69, 9.17) is 4.98 Å². The lowest BCUT2D eigenvalue weighted by Gasteiger charge is -2.11. The van der Waals surface area contributed by atoms with E-state index in [1.165, 1.54) is 44.1 Å². The van der Waals surface area contributed by atoms with E-state index >= 15 is 0 Å². The summed E-state index contributed by atoms with van der Waals surface area (Å²) in [5, 5.41) is 11.9. The fourth-order valence-corrected chi connectivity index (χ4v) is 6.72. The van der Waals surface area contributed by atoms with Gasteiger partial charge in [0.05, 0.1) is 22.3 Å². The molecule has 1 aromatic carbocycles. The number of pyridine rings is 3. The van der Waals surface area contributed by atoms with Crippen LogP contribution in [0.3, 0.4) is 0 Å². The summed E-state index contributed by atoms with van der Waals surface area (Å²) in [5.74, 6) is 0.778. The van der Waals surface area contributed by atoms with Crippen LogP contribution in [-0.4, -0.2) is 62.1 Å². The van der Waals surface area contributed by atoms with Gasteiger partial charge >= 0.3 is 0 Å². The van der Waals surface area contributed by atoms with Gasteiger partial charge in [0.25, 0.3) is 0 Å². The van der Waals surface area contributed by atoms with Crippen molar-refractivity contribution in [3.63, 3.8) is 0 Å². The molecule has 1 fully saturated rings. The molecule has 0 unspecified atom stereocenters. The molecule has 0 atom stereocenters. The van der Waals surface area contributed by atoms with Crippen molar-refractivity contribution in [2.45, 2.75) is 38.6 Å². The van der Waals surface area contributed by atoms with Crippen molar-refractivity contribution in [1.29, 1.82) is 0 Å². The summed E-state index contributed by atoms with van der Waals surface area (Å²) in [6.45, 7) is 1.80. The van der Waals surface area contributed by atoms with Crippen molar-refractivity contribution in [1.82, 2.24) is 40.4 Å². The van der Waals surface area contributed by atoms with E-state index in [0.717, 1.165) is 41.1 Å². The average Bonchev–Trinajstić information content (AvgIpc) is 3.79. The molecule has 6 aromatic rings. The van der Waals surface area contributed by atoms with Gasteiger partial charge in [-0.1, -0.05) is 12.8 Å². The van der Waals surface area contributed by atoms with Crippen molar-refractivity contribution < 1.29 is 12.8 Å². The Hall–Kier alpha value is -4.55. The minimum absolute atomic E-state index is 0.0688. The van der Waals surface area contributed by atoms with Crippen LogP contribution in [-0.2, 0) is 22.8 Å². The number of rotatable bonds is 10. The first-order chi connectivity index (χ1) is 21.8. The highest BCUT2D eigenvalue weighted by Crippen LogP contribution is 2.32. The zero-order valence-electron chi connectivity index (χ0n) is 24.8. The molecule has 3 N–H and O–H groups in total. The molecule has 1 saturated carbocycles. The summed E-state index contributed by atoms with van der Waals surface area (Å²) in [6.07, 6.45) is 13.8. The van der Waals surface area contributed by atoms with E-state index in [9.17, 15) is 12.8 Å². The van der Waals surface area contributed by atoms with Crippen LogP contribution in [0.2, 0.25) is 0 Å². The molecule has 45 heavy (non-hydrogen) atoms. The van der Waals surface area contributed by atoms with Crippen LogP contribution < -0.4 is 5.32 Å². The highest BCUT2D eigenvalue weighted by molar-refractivity contribution is 7.90. The van der Waals surface area contributed by atoms with Crippen molar-refractivity contribution in [3.05, 3.63) is 78.1 Å². The number of sulfone groups is 1. The van der Waals surface area contributed by atoms with Gasteiger partial charge in [0.1, 0.15) is 26.9 Å². The van der Waals surface area contributed by atoms with Crippen molar-refractivity contribution in [2.24, 2.45) is 5.92 Å². The zero-order chi connectivity index (χ0) is 31.0. The lowest BCUT2D eigenvalue weighted by molar-refractivity contribution is 0.489. The molecular formula is C33H33FN8O2S. The monoisotopic (exact) mass is 624 g/mol. The smallest absolute Gasteiger partial charge is 0.181 e. The molecule has 5 heterocycles. The molecule has 0 radical (unpaired) electrons. The van der Waals surface area contributed by atoms with Crippen LogP contribution in [0.15, 0.2) is 61.2 Å². The number of hydrogen-bond donors (Lipinski definition) is 3. The van der Waals surface area contributed by atoms with Gasteiger partial charge in [-0.05, 0) is 79.3 Å². The van der Waals surface area contributed by atoms with E-state index < -0.39 is 15.7 Å². The molecule has 0 spiro atoms. The second-order valence-corrected chi connectivity index (χ2v) is 14.2. The van der Waals surface area contributed by atoms with E-state index in [1.54, 1.807) is 24.5 Å². The van der Waals surface area contributed by atoms with E-state index in [0.29, 0.717) is 45.0 Å². The Balaban J connectivity index is 1.19. The summed E-state index contributed by atoms with van der Waals surface area (Å²) < 4.78 is 38.0. The number of H-pyrrole nitrogens is 2. The maximum absolute atomic E-state index is 14.6. The van der Waals surface area contributed by atoms with Gasteiger partial charge < -0.3 is 10.3 Å². The third-order valence-corrected chi connectivity index (χ3v) is 9.35. The van der Waals surface area contributed by atoms with Crippen molar-refractivity contribution >= 4 is 31.9 Å². The SMILES string of the molecule is CS(=O)(=O)CCc1cc(F)cc(-c2nccc3[nH]c(-c4[nH]nc5ncc(-c6cncc(CNCC7CCCC7)c6)cc45)nc23)c1. The Morgan fingerprint density at radius 2 is 1.80 bits per heavy atom. The van der Waals surface area contributed by atoms with Crippen LogP contribution >= 0.6 is 0 Å². The first-order valence-electron chi connectivity index (χ1n) is 15.1. The number of hydrogen-bond acceptors (Lipinski definition) is 8. The largest absolute Gasteiger partial charge is 0.337 e. The summed E-state index contributed by atoms with van der Waals surface area (Å²) in [5.41, 5.74) is 7.06. The van der Waals surface area contributed by atoms with Gasteiger partial charge in [-0.15, -0.1) is 0 Å². The van der Waals surface area contributed by atoms with E-state index in [2.05, 4.69) is 41.5 Å². The number of imidazole rings is 1. The van der Waals surface area contributed by atoms with Gasteiger partial charge in [-0.2, -0.15) is 5.10 Å². The fourth-order valence-electron chi connectivity index (χ4n) is 6.12. The predicted molar refractivity (Wildman–Crippen MR) is 172 cm³/mol. The number of aromatic amines is 2. The van der Waals surface area contributed by atoms with Gasteiger partial charge in [0.15, 0.2) is 11.5 Å². The summed E-state index contributed by atoms with van der Waals surface area (Å²) in [4.78, 5) is 21.8. The second kappa shape index (κ2) is 12.1. The van der Waals surface area contributed by atoms with Gasteiger partial charge in [0.2, 0.25) is 0 Å². The molecule has 0 aliphatic heterocycles. The standard InChI is InChI=1S/C33H33FN8O2S/c1-45(43,44)9-7-21-10-23(13-26(34)12-21)29-31-28(6-8-37-29)39-33(40-31)30-27-14-25(19-38-32(27)42-41-30)24-11-22(17-36-18-24)16-35-15-20-4-2-3-5-20/h6,8,10-14,17-20,35H,2-5,7,9,15-16H2,1H3,(H,39,40)(H,38,41,42). The quantitative estimate of drug-likeness (QED) is 0.178. The molecule has 0 saturated heterocycles. The average molecular weight is 625 g/mol. The summed E-state index contributed by atoms with van der Waals surface area (Å²) in [7, 11) is -3.19. The molecule has 12 heteroatoms. The number of benzene rings is 1. The third kappa shape index (κ3) is 6.47. The van der Waals surface area contributed by atoms with Gasteiger partial charge in [-0.3, -0.25) is 15.1 Å². The molecule has 1 aliphatic carbocycles. The van der Waals surface area contributed by atoms with Crippen LogP contribution in [0.4, 0.5) is 4.39 Å². The first kappa shape index (κ1) is 29.2. The van der Waals surface area contributed by atoms with Crippen molar-refractivity contribution in [2.75, 3.05) is 18.6 Å². The Morgan fingerprint density at radius 1 is 0.978 bits per heavy atom.